The first kappa shape index (κ1) is 13.3. The zero-order chi connectivity index (χ0) is 13.8. The molecule has 3 heteroatoms. The molecule has 0 aromatic heterocycles. The third kappa shape index (κ3) is 3.65. The summed E-state index contributed by atoms with van der Waals surface area (Å²) in [4.78, 5) is 0. The fourth-order valence-corrected chi connectivity index (χ4v) is 2.07. The van der Waals surface area contributed by atoms with Crippen molar-refractivity contribution in [1.29, 1.82) is 0 Å². The predicted molar refractivity (Wildman–Crippen MR) is 77.7 cm³/mol. The summed E-state index contributed by atoms with van der Waals surface area (Å²) >= 11 is 0. The minimum Gasteiger partial charge on any atom is -0.497 e. The van der Waals surface area contributed by atoms with Crippen molar-refractivity contribution in [3.05, 3.63) is 53.1 Å². The minimum absolute atomic E-state index is 0.476. The molecule has 3 nitrogen and oxygen atoms in total. The number of anilines is 1. The van der Waals surface area contributed by atoms with Gasteiger partial charge in [0.25, 0.3) is 0 Å². The van der Waals surface area contributed by atoms with Crippen LogP contribution in [0.4, 0.5) is 5.69 Å². The predicted octanol–water partition coefficient (Wildman–Crippen LogP) is 3.47. The first-order valence-corrected chi connectivity index (χ1v) is 6.21. The van der Waals surface area contributed by atoms with Crippen molar-refractivity contribution in [2.45, 2.75) is 20.5 Å². The smallest absolute Gasteiger partial charge is 0.121 e. The average molecular weight is 257 g/mol. The summed E-state index contributed by atoms with van der Waals surface area (Å²) in [6.07, 6.45) is 0. The molecule has 0 aliphatic heterocycles. The van der Waals surface area contributed by atoms with Crippen LogP contribution >= 0.6 is 0 Å². The summed E-state index contributed by atoms with van der Waals surface area (Å²) in [5, 5.41) is 0. The van der Waals surface area contributed by atoms with Gasteiger partial charge in [0.05, 0.1) is 7.11 Å². The maximum atomic E-state index is 5.82. The molecule has 0 radical (unpaired) electrons. The zero-order valence-corrected chi connectivity index (χ0v) is 11.6. The molecule has 0 fully saturated rings. The minimum atomic E-state index is 0.476. The van der Waals surface area contributed by atoms with E-state index in [9.17, 15) is 0 Å². The SMILES string of the molecule is COc1cc(N)cc(COc2cc(C)cc(C)c2)c1. The number of hydrogen-bond acceptors (Lipinski definition) is 3. The normalized spacial score (nSPS) is 10.3. The third-order valence-electron chi connectivity index (χ3n) is 2.83. The number of aryl methyl sites for hydroxylation is 2. The van der Waals surface area contributed by atoms with Crippen molar-refractivity contribution in [3.63, 3.8) is 0 Å². The van der Waals surface area contributed by atoms with Crippen LogP contribution in [0.15, 0.2) is 36.4 Å². The van der Waals surface area contributed by atoms with Gasteiger partial charge in [-0.3, -0.25) is 0 Å². The molecule has 2 rings (SSSR count). The highest BCUT2D eigenvalue weighted by Crippen LogP contribution is 2.21. The maximum absolute atomic E-state index is 5.82. The molecular weight excluding hydrogens is 238 g/mol. The zero-order valence-electron chi connectivity index (χ0n) is 11.6. The van der Waals surface area contributed by atoms with Gasteiger partial charge < -0.3 is 15.2 Å². The van der Waals surface area contributed by atoms with Crippen molar-refractivity contribution >= 4 is 5.69 Å². The van der Waals surface area contributed by atoms with Crippen molar-refractivity contribution in [2.24, 2.45) is 0 Å². The Morgan fingerprint density at radius 1 is 0.895 bits per heavy atom. The lowest BCUT2D eigenvalue weighted by molar-refractivity contribution is 0.305. The monoisotopic (exact) mass is 257 g/mol. The van der Waals surface area contributed by atoms with Gasteiger partial charge in [-0.1, -0.05) is 6.07 Å². The molecule has 0 heterocycles. The molecule has 0 aliphatic carbocycles. The lowest BCUT2D eigenvalue weighted by atomic mass is 10.1. The van der Waals surface area contributed by atoms with E-state index in [0.29, 0.717) is 12.3 Å². The van der Waals surface area contributed by atoms with Gasteiger partial charge in [0.15, 0.2) is 0 Å². The van der Waals surface area contributed by atoms with E-state index in [0.717, 1.165) is 17.1 Å². The van der Waals surface area contributed by atoms with E-state index >= 15 is 0 Å². The molecular formula is C16H19NO2. The molecule has 2 aromatic rings. The second-order valence-electron chi connectivity index (χ2n) is 4.73. The molecule has 100 valence electrons. The number of nitrogens with two attached hydrogens (primary N) is 1. The van der Waals surface area contributed by atoms with Crippen LogP contribution < -0.4 is 15.2 Å². The van der Waals surface area contributed by atoms with Crippen LogP contribution in [0.5, 0.6) is 11.5 Å². The second-order valence-corrected chi connectivity index (χ2v) is 4.73. The van der Waals surface area contributed by atoms with Crippen molar-refractivity contribution in [2.75, 3.05) is 12.8 Å². The van der Waals surface area contributed by atoms with Gasteiger partial charge in [0.1, 0.15) is 18.1 Å². The van der Waals surface area contributed by atoms with Crippen LogP contribution in [0.1, 0.15) is 16.7 Å². The number of nitrogen functional groups attached to an aromatic ring is 1. The lowest BCUT2D eigenvalue weighted by Crippen LogP contribution is -1.98. The Hall–Kier alpha value is -2.16. The van der Waals surface area contributed by atoms with Crippen LogP contribution in [0.25, 0.3) is 0 Å². The highest BCUT2D eigenvalue weighted by molar-refractivity contribution is 5.47. The van der Waals surface area contributed by atoms with E-state index in [1.54, 1.807) is 13.2 Å². The van der Waals surface area contributed by atoms with Crippen LogP contribution in [0.3, 0.4) is 0 Å². The number of methoxy groups -OCH3 is 1. The Morgan fingerprint density at radius 3 is 2.21 bits per heavy atom. The molecule has 0 saturated carbocycles. The van der Waals surface area contributed by atoms with E-state index in [4.69, 9.17) is 15.2 Å². The van der Waals surface area contributed by atoms with Crippen molar-refractivity contribution < 1.29 is 9.47 Å². The van der Waals surface area contributed by atoms with Crippen LogP contribution in [-0.2, 0) is 6.61 Å². The summed E-state index contributed by atoms with van der Waals surface area (Å²) in [7, 11) is 1.63. The average Bonchev–Trinajstić information content (AvgIpc) is 2.34. The Balaban J connectivity index is 2.11. The van der Waals surface area contributed by atoms with Crippen LogP contribution in [-0.4, -0.2) is 7.11 Å². The molecule has 0 unspecified atom stereocenters. The molecule has 19 heavy (non-hydrogen) atoms. The van der Waals surface area contributed by atoms with Gasteiger partial charge in [-0.15, -0.1) is 0 Å². The summed E-state index contributed by atoms with van der Waals surface area (Å²) in [6, 6.07) is 11.8. The number of ether oxygens (including phenoxy) is 2. The first-order valence-electron chi connectivity index (χ1n) is 6.21. The maximum Gasteiger partial charge on any atom is 0.121 e. The molecule has 0 atom stereocenters. The topological polar surface area (TPSA) is 44.5 Å². The Bertz CT molecular complexity index is 559. The summed E-state index contributed by atoms with van der Waals surface area (Å²) in [6.45, 7) is 4.59. The summed E-state index contributed by atoms with van der Waals surface area (Å²) in [5.41, 5.74) is 9.88. The molecule has 0 amide bonds. The van der Waals surface area contributed by atoms with Gasteiger partial charge in [0, 0.05) is 11.8 Å². The van der Waals surface area contributed by atoms with E-state index < -0.39 is 0 Å². The standard InChI is InChI=1S/C16H19NO2/c1-11-4-12(2)6-16(5-11)19-10-13-7-14(17)9-15(8-13)18-3/h4-9H,10,17H2,1-3H3. The van der Waals surface area contributed by atoms with E-state index in [-0.39, 0.29) is 0 Å². The number of benzene rings is 2. The summed E-state index contributed by atoms with van der Waals surface area (Å²) < 4.78 is 11.0. The second kappa shape index (κ2) is 5.65. The molecule has 0 spiro atoms. The molecule has 0 aliphatic rings. The third-order valence-corrected chi connectivity index (χ3v) is 2.83. The molecule has 0 bridgehead atoms. The van der Waals surface area contributed by atoms with E-state index in [1.807, 2.05) is 24.3 Å². The fraction of sp³-hybridized carbons (Fsp3) is 0.250. The number of hydrogen-bond donors (Lipinski definition) is 1. The van der Waals surface area contributed by atoms with Gasteiger partial charge in [0.2, 0.25) is 0 Å². The summed E-state index contributed by atoms with van der Waals surface area (Å²) in [5.74, 6) is 1.62. The van der Waals surface area contributed by atoms with Gasteiger partial charge in [-0.2, -0.15) is 0 Å². The molecule has 0 saturated heterocycles. The van der Waals surface area contributed by atoms with Crippen molar-refractivity contribution in [1.82, 2.24) is 0 Å². The Kier molecular flexibility index (Phi) is 3.95. The molecule has 2 N–H and O–H groups in total. The van der Waals surface area contributed by atoms with E-state index in [1.165, 1.54) is 11.1 Å². The highest BCUT2D eigenvalue weighted by atomic mass is 16.5. The fourth-order valence-electron chi connectivity index (χ4n) is 2.07. The van der Waals surface area contributed by atoms with Crippen LogP contribution in [0.2, 0.25) is 0 Å². The Labute approximate surface area is 114 Å². The first-order chi connectivity index (χ1) is 9.06. The van der Waals surface area contributed by atoms with Gasteiger partial charge in [-0.05, 0) is 54.8 Å². The highest BCUT2D eigenvalue weighted by Gasteiger charge is 2.02. The van der Waals surface area contributed by atoms with Crippen molar-refractivity contribution in [3.8, 4) is 11.5 Å². The van der Waals surface area contributed by atoms with E-state index in [2.05, 4.69) is 19.9 Å². The Morgan fingerprint density at radius 2 is 1.58 bits per heavy atom. The number of rotatable bonds is 4. The quantitative estimate of drug-likeness (QED) is 0.853. The largest absolute Gasteiger partial charge is 0.497 e. The molecule has 2 aromatic carbocycles. The lowest BCUT2D eigenvalue weighted by Gasteiger charge is -2.10. The van der Waals surface area contributed by atoms with Gasteiger partial charge in [-0.25, -0.2) is 0 Å². The van der Waals surface area contributed by atoms with Gasteiger partial charge >= 0.3 is 0 Å². The van der Waals surface area contributed by atoms with Crippen LogP contribution in [0, 0.1) is 13.8 Å².